The van der Waals surface area contributed by atoms with Gasteiger partial charge in [0.2, 0.25) is 0 Å². The first-order valence-corrected chi connectivity index (χ1v) is 13.6. The summed E-state index contributed by atoms with van der Waals surface area (Å²) in [7, 11) is 0. The fourth-order valence-electron chi connectivity index (χ4n) is 6.61. The molecule has 0 aliphatic rings. The molecular weight excluding hydrogens is 488 g/mol. The van der Waals surface area contributed by atoms with E-state index in [0.29, 0.717) is 0 Å². The number of benzene rings is 7. The van der Waals surface area contributed by atoms with Crippen LogP contribution in [0, 0.1) is 0 Å². The van der Waals surface area contributed by atoms with Crippen LogP contribution in [0.2, 0.25) is 0 Å². The van der Waals surface area contributed by atoms with Gasteiger partial charge in [0.15, 0.2) is 0 Å². The van der Waals surface area contributed by atoms with Crippen molar-refractivity contribution in [2.45, 2.75) is 0 Å². The zero-order valence-corrected chi connectivity index (χ0v) is 21.5. The van der Waals surface area contributed by atoms with E-state index in [9.17, 15) is 0 Å². The Labute approximate surface area is 229 Å². The summed E-state index contributed by atoms with van der Waals surface area (Å²) in [5.41, 5.74) is 7.43. The zero-order valence-electron chi connectivity index (χ0n) is 21.5. The zero-order chi connectivity index (χ0) is 26.2. The van der Waals surface area contributed by atoms with Gasteiger partial charge in [-0.15, -0.1) is 0 Å². The third-order valence-electron chi connectivity index (χ3n) is 8.33. The third-order valence-corrected chi connectivity index (χ3v) is 8.33. The van der Waals surface area contributed by atoms with Crippen LogP contribution in [0.1, 0.15) is 0 Å². The van der Waals surface area contributed by atoms with Crippen molar-refractivity contribution in [1.29, 1.82) is 0 Å². The van der Waals surface area contributed by atoms with Gasteiger partial charge in [-0.1, -0.05) is 103 Å². The van der Waals surface area contributed by atoms with Crippen LogP contribution in [-0.2, 0) is 0 Å². The molecule has 0 N–H and O–H groups in total. The molecule has 0 fully saturated rings. The molecule has 0 bridgehead atoms. The molecule has 186 valence electrons. The highest BCUT2D eigenvalue weighted by molar-refractivity contribution is 6.26. The summed E-state index contributed by atoms with van der Waals surface area (Å²) in [6, 6.07) is 45.5. The van der Waals surface area contributed by atoms with Gasteiger partial charge in [-0.25, -0.2) is 0 Å². The molecule has 0 spiro atoms. The smallest absolute Gasteiger partial charge is 0.143 e. The highest BCUT2D eigenvalue weighted by Crippen LogP contribution is 2.47. The van der Waals surface area contributed by atoms with E-state index >= 15 is 0 Å². The number of para-hydroxylation sites is 1. The molecule has 0 saturated carbocycles. The van der Waals surface area contributed by atoms with Crippen LogP contribution >= 0.6 is 0 Å². The molecule has 2 heterocycles. The quantitative estimate of drug-likeness (QED) is 0.216. The van der Waals surface area contributed by atoms with Crippen LogP contribution < -0.4 is 0 Å². The molecule has 0 amide bonds. The molecule has 0 radical (unpaired) electrons. The van der Waals surface area contributed by atoms with Crippen LogP contribution in [0.25, 0.3) is 87.5 Å². The molecule has 0 atom stereocenters. The number of hydrogen-bond acceptors (Lipinski definition) is 2. The second-order valence-corrected chi connectivity index (χ2v) is 10.5. The summed E-state index contributed by atoms with van der Waals surface area (Å²) >= 11 is 0. The lowest BCUT2D eigenvalue weighted by Crippen LogP contribution is -1.91. The topological polar surface area (TPSA) is 26.3 Å². The molecule has 7 aromatic carbocycles. The summed E-state index contributed by atoms with van der Waals surface area (Å²) in [5.74, 6) is 0. The van der Waals surface area contributed by atoms with Crippen molar-refractivity contribution in [3.63, 3.8) is 0 Å². The van der Waals surface area contributed by atoms with Gasteiger partial charge < -0.3 is 8.83 Å². The van der Waals surface area contributed by atoms with Crippen LogP contribution in [0.3, 0.4) is 0 Å². The highest BCUT2D eigenvalue weighted by Gasteiger charge is 2.21. The minimum atomic E-state index is 0.872. The molecule has 0 aliphatic heterocycles. The molecule has 2 nitrogen and oxygen atoms in total. The van der Waals surface area contributed by atoms with Crippen molar-refractivity contribution in [3.05, 3.63) is 134 Å². The first-order valence-electron chi connectivity index (χ1n) is 13.6. The molecular formula is C38H22O2. The largest absolute Gasteiger partial charge is 0.464 e. The summed E-state index contributed by atoms with van der Waals surface area (Å²) in [6.45, 7) is 0. The van der Waals surface area contributed by atoms with Crippen LogP contribution in [0.4, 0.5) is 0 Å². The Hall–Kier alpha value is -5.34. The number of rotatable bonds is 2. The second-order valence-electron chi connectivity index (χ2n) is 10.5. The van der Waals surface area contributed by atoms with E-state index in [-0.39, 0.29) is 0 Å². The highest BCUT2D eigenvalue weighted by atomic mass is 16.3. The lowest BCUT2D eigenvalue weighted by molar-refractivity contribution is 0.615. The van der Waals surface area contributed by atoms with Crippen LogP contribution in [0.15, 0.2) is 142 Å². The van der Waals surface area contributed by atoms with Gasteiger partial charge in [0.05, 0.1) is 6.26 Å². The first-order chi connectivity index (χ1) is 19.8. The number of hydrogen-bond donors (Lipinski definition) is 0. The minimum absolute atomic E-state index is 0.872. The summed E-state index contributed by atoms with van der Waals surface area (Å²) in [6.07, 6.45) is 1.75. The van der Waals surface area contributed by atoms with E-state index in [1.165, 1.54) is 49.0 Å². The lowest BCUT2D eigenvalue weighted by Gasteiger charge is -2.18. The molecule has 2 aromatic heterocycles. The van der Waals surface area contributed by atoms with E-state index in [4.69, 9.17) is 8.83 Å². The Morgan fingerprint density at radius 1 is 0.425 bits per heavy atom. The van der Waals surface area contributed by atoms with Crippen molar-refractivity contribution in [2.75, 3.05) is 0 Å². The van der Waals surface area contributed by atoms with Crippen LogP contribution in [-0.4, -0.2) is 0 Å². The minimum Gasteiger partial charge on any atom is -0.464 e. The summed E-state index contributed by atoms with van der Waals surface area (Å²) in [4.78, 5) is 0. The Bertz CT molecular complexity index is 2380. The Morgan fingerprint density at radius 3 is 1.85 bits per heavy atom. The van der Waals surface area contributed by atoms with E-state index in [0.717, 1.165) is 38.5 Å². The SMILES string of the molecule is c1ccc2cc(-c3c4ccccc4c(-c4cccc5c4oc4ccc6occc6c45)c4ccccc34)ccc2c1. The van der Waals surface area contributed by atoms with Crippen molar-refractivity contribution in [3.8, 4) is 22.3 Å². The number of fused-ring (bicyclic) bond motifs is 8. The maximum atomic E-state index is 6.63. The van der Waals surface area contributed by atoms with Crippen molar-refractivity contribution in [2.24, 2.45) is 0 Å². The summed E-state index contributed by atoms with van der Waals surface area (Å²) < 4.78 is 12.3. The van der Waals surface area contributed by atoms with E-state index in [1.807, 2.05) is 18.2 Å². The van der Waals surface area contributed by atoms with E-state index in [2.05, 4.69) is 109 Å². The van der Waals surface area contributed by atoms with E-state index < -0.39 is 0 Å². The van der Waals surface area contributed by atoms with E-state index in [1.54, 1.807) is 6.26 Å². The lowest BCUT2D eigenvalue weighted by atomic mass is 9.85. The average molecular weight is 511 g/mol. The Balaban J connectivity index is 1.43. The standard InChI is InChI=1S/C38H22O2/c1-2-9-24-22-25(17-16-23(24)8-1)35-26-10-3-5-12-28(26)36(29-13-6-4-11-27(29)35)31-14-7-15-32-37-30-20-21-39-33(30)18-19-34(37)40-38(31)32/h1-22H. The van der Waals surface area contributed by atoms with Gasteiger partial charge in [0.25, 0.3) is 0 Å². The molecule has 2 heteroatoms. The normalized spacial score (nSPS) is 12.0. The van der Waals surface area contributed by atoms with Gasteiger partial charge in [0, 0.05) is 27.3 Å². The van der Waals surface area contributed by atoms with Gasteiger partial charge >= 0.3 is 0 Å². The van der Waals surface area contributed by atoms with Crippen LogP contribution in [0.5, 0.6) is 0 Å². The van der Waals surface area contributed by atoms with Crippen molar-refractivity contribution in [1.82, 2.24) is 0 Å². The molecule has 0 unspecified atom stereocenters. The molecule has 0 saturated heterocycles. The maximum Gasteiger partial charge on any atom is 0.143 e. The molecule has 9 rings (SSSR count). The summed E-state index contributed by atoms with van der Waals surface area (Å²) in [5, 5.41) is 10.7. The predicted molar refractivity (Wildman–Crippen MR) is 167 cm³/mol. The third kappa shape index (κ3) is 2.93. The molecule has 40 heavy (non-hydrogen) atoms. The Kier molecular flexibility index (Phi) is 4.36. The monoisotopic (exact) mass is 510 g/mol. The predicted octanol–water partition coefficient (Wildman–Crippen LogP) is 11.1. The average Bonchev–Trinajstić information content (AvgIpc) is 3.64. The van der Waals surface area contributed by atoms with Gasteiger partial charge in [0.1, 0.15) is 16.7 Å². The molecule has 9 aromatic rings. The maximum absolute atomic E-state index is 6.63. The number of furan rings is 2. The Morgan fingerprint density at radius 2 is 1.07 bits per heavy atom. The van der Waals surface area contributed by atoms with Gasteiger partial charge in [-0.2, -0.15) is 0 Å². The first kappa shape index (κ1) is 21.6. The molecule has 0 aliphatic carbocycles. The second kappa shape index (κ2) is 8.08. The van der Waals surface area contributed by atoms with Gasteiger partial charge in [-0.3, -0.25) is 0 Å². The van der Waals surface area contributed by atoms with Crippen molar-refractivity contribution >= 4 is 65.2 Å². The fourth-order valence-corrected chi connectivity index (χ4v) is 6.61. The van der Waals surface area contributed by atoms with Crippen molar-refractivity contribution < 1.29 is 8.83 Å². The fraction of sp³-hybridized carbons (Fsp3) is 0. The van der Waals surface area contributed by atoms with Gasteiger partial charge in [-0.05, 0) is 67.7 Å².